The van der Waals surface area contributed by atoms with Gasteiger partial charge >= 0.3 is 6.18 Å². The molecule has 0 atom stereocenters. The predicted octanol–water partition coefficient (Wildman–Crippen LogP) is 5.91. The van der Waals surface area contributed by atoms with Crippen LogP contribution >= 0.6 is 0 Å². The maximum absolute atomic E-state index is 12.8. The molecule has 1 N–H and O–H groups in total. The van der Waals surface area contributed by atoms with E-state index in [2.05, 4.69) is 13.2 Å². The average molecular weight is 475 g/mol. The van der Waals surface area contributed by atoms with Crippen molar-refractivity contribution in [1.82, 2.24) is 4.90 Å². The number of benzene rings is 2. The molecule has 34 heavy (non-hydrogen) atoms. The zero-order chi connectivity index (χ0) is 25.4. The fourth-order valence-corrected chi connectivity index (χ4v) is 3.83. The first kappa shape index (κ1) is 25.2. The van der Waals surface area contributed by atoms with Crippen molar-refractivity contribution < 1.29 is 27.8 Å². The molecule has 1 aliphatic rings. The van der Waals surface area contributed by atoms with Crippen LogP contribution in [0.5, 0.6) is 5.75 Å². The molecule has 1 amide bonds. The highest BCUT2D eigenvalue weighted by Gasteiger charge is 2.34. The van der Waals surface area contributed by atoms with Crippen LogP contribution in [0.25, 0.3) is 0 Å². The first-order chi connectivity index (χ1) is 15.7. The van der Waals surface area contributed by atoms with Crippen molar-refractivity contribution in [2.75, 3.05) is 18.0 Å². The van der Waals surface area contributed by atoms with Gasteiger partial charge in [-0.1, -0.05) is 25.3 Å². The Morgan fingerprint density at radius 2 is 1.68 bits per heavy atom. The van der Waals surface area contributed by atoms with E-state index in [0.717, 1.165) is 28.8 Å². The summed E-state index contributed by atoms with van der Waals surface area (Å²) in [4.78, 5) is 15.7. The number of aryl methyl sites for hydroxylation is 2. The van der Waals surface area contributed by atoms with Crippen molar-refractivity contribution in [2.24, 2.45) is 0 Å². The number of alkyl halides is 3. The molecule has 3 rings (SSSR count). The number of aliphatic hydroxyl groups is 1. The lowest BCUT2D eigenvalue weighted by atomic mass is 10.0. The summed E-state index contributed by atoms with van der Waals surface area (Å²) in [6, 6.07) is 8.47. The molecular weight excluding hydrogens is 445 g/mol. The molecule has 1 heterocycles. The fourth-order valence-electron chi connectivity index (χ4n) is 3.83. The van der Waals surface area contributed by atoms with E-state index in [0.29, 0.717) is 30.2 Å². The van der Waals surface area contributed by atoms with Crippen LogP contribution < -0.4 is 9.64 Å². The molecule has 1 saturated heterocycles. The highest BCUT2D eigenvalue weighted by molar-refractivity contribution is 6.00. The molecular formula is C26H29F3N2O3. The van der Waals surface area contributed by atoms with Gasteiger partial charge < -0.3 is 14.7 Å². The first-order valence-electron chi connectivity index (χ1n) is 10.8. The molecule has 1 aliphatic heterocycles. The van der Waals surface area contributed by atoms with Crippen LogP contribution in [0, 0.1) is 13.8 Å². The van der Waals surface area contributed by atoms with Crippen LogP contribution in [0.3, 0.4) is 0 Å². The summed E-state index contributed by atoms with van der Waals surface area (Å²) in [5.41, 5.74) is 1.52. The minimum atomic E-state index is -4.44. The minimum absolute atomic E-state index is 0.0646. The van der Waals surface area contributed by atoms with Gasteiger partial charge in [0, 0.05) is 6.54 Å². The van der Waals surface area contributed by atoms with E-state index in [4.69, 9.17) is 4.74 Å². The summed E-state index contributed by atoms with van der Waals surface area (Å²) in [6.45, 7) is 15.5. The largest absolute Gasteiger partial charge is 0.509 e. The van der Waals surface area contributed by atoms with Gasteiger partial charge in [0.1, 0.15) is 17.3 Å². The number of nitrogens with zero attached hydrogens (tertiary/aromatic N) is 2. The molecule has 5 nitrogen and oxygen atoms in total. The van der Waals surface area contributed by atoms with Crippen LogP contribution in [-0.2, 0) is 17.4 Å². The lowest BCUT2D eigenvalue weighted by Gasteiger charge is -2.27. The fraction of sp³-hybridized carbons (Fsp3) is 0.346. The van der Waals surface area contributed by atoms with Gasteiger partial charge in [0.25, 0.3) is 5.91 Å². The molecule has 0 radical (unpaired) electrons. The second-order valence-electron chi connectivity index (χ2n) is 8.98. The van der Waals surface area contributed by atoms with Crippen molar-refractivity contribution in [1.29, 1.82) is 0 Å². The van der Waals surface area contributed by atoms with E-state index < -0.39 is 17.3 Å². The Bertz CT molecular complexity index is 1100. The molecule has 0 saturated carbocycles. The third kappa shape index (κ3) is 5.21. The predicted molar refractivity (Wildman–Crippen MR) is 126 cm³/mol. The monoisotopic (exact) mass is 474 g/mol. The normalized spacial score (nSPS) is 14.7. The Morgan fingerprint density at radius 3 is 2.18 bits per heavy atom. The maximum Gasteiger partial charge on any atom is 0.416 e. The Morgan fingerprint density at radius 1 is 1.12 bits per heavy atom. The number of carbonyl (C=O) groups excluding carboxylic acids is 1. The van der Waals surface area contributed by atoms with Crippen molar-refractivity contribution in [3.8, 4) is 5.75 Å². The van der Waals surface area contributed by atoms with E-state index in [-0.39, 0.29) is 18.2 Å². The summed E-state index contributed by atoms with van der Waals surface area (Å²) in [6.07, 6.45) is -3.81. The van der Waals surface area contributed by atoms with Crippen LogP contribution in [0.4, 0.5) is 18.9 Å². The third-order valence-corrected chi connectivity index (χ3v) is 5.89. The number of aliphatic hydroxyl groups excluding tert-OH is 1. The number of amides is 1. The quantitative estimate of drug-likeness (QED) is 0.507. The topological polar surface area (TPSA) is 53.0 Å². The third-order valence-electron chi connectivity index (χ3n) is 5.89. The van der Waals surface area contributed by atoms with E-state index in [1.54, 1.807) is 13.8 Å². The van der Waals surface area contributed by atoms with Gasteiger partial charge in [-0.25, -0.2) is 0 Å². The van der Waals surface area contributed by atoms with E-state index >= 15 is 0 Å². The number of halogens is 3. The summed E-state index contributed by atoms with van der Waals surface area (Å²) >= 11 is 0. The lowest BCUT2D eigenvalue weighted by molar-refractivity contribution is -0.137. The number of rotatable bonds is 7. The summed E-state index contributed by atoms with van der Waals surface area (Å²) in [7, 11) is 0. The van der Waals surface area contributed by atoms with E-state index in [9.17, 15) is 23.1 Å². The van der Waals surface area contributed by atoms with Gasteiger partial charge in [-0.15, -0.1) is 0 Å². The van der Waals surface area contributed by atoms with Crippen molar-refractivity contribution in [3.05, 3.63) is 83.4 Å². The van der Waals surface area contributed by atoms with Gasteiger partial charge in [0.15, 0.2) is 5.60 Å². The SMILES string of the molecule is C=C1N(CCc2cc(C)c(OC(C)(C)C(=C)O)c(C)c2)CC(=O)N1c1ccc(C(F)(F)F)cc1. The zero-order valence-corrected chi connectivity index (χ0v) is 19.8. The molecule has 1 fully saturated rings. The second kappa shape index (κ2) is 9.08. The highest BCUT2D eigenvalue weighted by atomic mass is 19.4. The smallest absolute Gasteiger partial charge is 0.416 e. The molecule has 2 aromatic carbocycles. The Kier molecular flexibility index (Phi) is 6.73. The van der Waals surface area contributed by atoms with Gasteiger partial charge in [-0.05, 0) is 75.1 Å². The van der Waals surface area contributed by atoms with Gasteiger partial charge in [0.05, 0.1) is 17.8 Å². The van der Waals surface area contributed by atoms with Crippen LogP contribution in [0.2, 0.25) is 0 Å². The van der Waals surface area contributed by atoms with Crippen molar-refractivity contribution in [3.63, 3.8) is 0 Å². The van der Waals surface area contributed by atoms with Gasteiger partial charge in [-0.3, -0.25) is 9.69 Å². The first-order valence-corrected chi connectivity index (χ1v) is 10.8. The van der Waals surface area contributed by atoms with E-state index in [1.807, 2.05) is 30.9 Å². The minimum Gasteiger partial charge on any atom is -0.509 e. The van der Waals surface area contributed by atoms with E-state index in [1.165, 1.54) is 17.0 Å². The standard InChI is InChI=1S/C26H29F3N2O3/c1-16-13-20(14-17(2)24(16)34-25(5,6)18(3)32)11-12-30-15-23(33)31(19(30)4)22-9-7-21(8-10-22)26(27,28)29/h7-10,13-14,32H,3-4,11-12,15H2,1-2,5-6H3. The summed E-state index contributed by atoms with van der Waals surface area (Å²) < 4.78 is 44.5. The lowest BCUT2D eigenvalue weighted by Crippen LogP contribution is -2.31. The highest BCUT2D eigenvalue weighted by Crippen LogP contribution is 2.33. The van der Waals surface area contributed by atoms with Crippen molar-refractivity contribution in [2.45, 2.75) is 45.9 Å². The number of anilines is 1. The summed E-state index contributed by atoms with van der Waals surface area (Å²) in [5.74, 6) is 0.803. The maximum atomic E-state index is 12.8. The second-order valence-corrected chi connectivity index (χ2v) is 8.98. The number of hydrogen-bond donors (Lipinski definition) is 1. The Balaban J connectivity index is 1.70. The van der Waals surface area contributed by atoms with Crippen LogP contribution in [0.1, 0.15) is 36.1 Å². The molecule has 0 spiro atoms. The molecule has 0 aliphatic carbocycles. The number of hydrogen-bond acceptors (Lipinski definition) is 4. The van der Waals surface area contributed by atoms with Gasteiger partial charge in [-0.2, -0.15) is 13.2 Å². The number of carbonyl (C=O) groups is 1. The molecule has 0 aromatic heterocycles. The molecule has 2 aromatic rings. The van der Waals surface area contributed by atoms with Gasteiger partial charge in [0.2, 0.25) is 0 Å². The Labute approximate surface area is 197 Å². The molecule has 0 unspecified atom stereocenters. The van der Waals surface area contributed by atoms with Crippen LogP contribution in [-0.4, -0.2) is 34.6 Å². The Hall–Kier alpha value is -3.42. The molecule has 0 bridgehead atoms. The summed E-state index contributed by atoms with van der Waals surface area (Å²) in [5, 5.41) is 9.77. The molecule has 8 heteroatoms. The molecule has 182 valence electrons. The zero-order valence-electron chi connectivity index (χ0n) is 19.8. The van der Waals surface area contributed by atoms with Crippen LogP contribution in [0.15, 0.2) is 61.1 Å². The average Bonchev–Trinajstić information content (AvgIpc) is 3.01. The number of ether oxygens (including phenoxy) is 1. The van der Waals surface area contributed by atoms with Crippen molar-refractivity contribution >= 4 is 11.6 Å².